The standard InChI is InChI=1S/C10H8N2O4S/c1-5-11-7-3-6(10(13)16-2)8(12(14)15)4-9(7)17-5/h3-4H,1-2H3. The van der Waals surface area contributed by atoms with Gasteiger partial charge < -0.3 is 4.74 Å². The van der Waals surface area contributed by atoms with E-state index in [0.29, 0.717) is 10.2 Å². The average Bonchev–Trinajstić information content (AvgIpc) is 2.65. The molecule has 0 bridgehead atoms. The van der Waals surface area contributed by atoms with Crippen LogP contribution >= 0.6 is 11.3 Å². The number of nitrogens with zero attached hydrogens (tertiary/aromatic N) is 2. The molecular weight excluding hydrogens is 244 g/mol. The smallest absolute Gasteiger partial charge is 0.344 e. The van der Waals surface area contributed by atoms with E-state index in [4.69, 9.17) is 0 Å². The highest BCUT2D eigenvalue weighted by Crippen LogP contribution is 2.29. The number of hydrogen-bond acceptors (Lipinski definition) is 6. The summed E-state index contributed by atoms with van der Waals surface area (Å²) in [6, 6.07) is 2.75. The number of nitro benzene ring substituents is 1. The monoisotopic (exact) mass is 252 g/mol. The first-order chi connectivity index (χ1) is 8.02. The molecule has 0 aliphatic rings. The molecule has 2 aromatic rings. The van der Waals surface area contributed by atoms with Crippen molar-refractivity contribution in [1.29, 1.82) is 0 Å². The third-order valence-electron chi connectivity index (χ3n) is 2.21. The Morgan fingerprint density at radius 1 is 1.53 bits per heavy atom. The van der Waals surface area contributed by atoms with Crippen LogP contribution < -0.4 is 0 Å². The lowest BCUT2D eigenvalue weighted by molar-refractivity contribution is -0.385. The van der Waals surface area contributed by atoms with Crippen molar-refractivity contribution in [3.63, 3.8) is 0 Å². The van der Waals surface area contributed by atoms with Gasteiger partial charge in [0.15, 0.2) is 0 Å². The third-order valence-corrected chi connectivity index (χ3v) is 3.15. The zero-order valence-electron chi connectivity index (χ0n) is 9.09. The third kappa shape index (κ3) is 1.96. The molecule has 0 radical (unpaired) electrons. The highest BCUT2D eigenvalue weighted by Gasteiger charge is 2.23. The molecule has 1 aromatic carbocycles. The highest BCUT2D eigenvalue weighted by molar-refractivity contribution is 7.18. The number of carbonyl (C=O) groups is 1. The van der Waals surface area contributed by atoms with Gasteiger partial charge in [-0.1, -0.05) is 0 Å². The molecule has 0 saturated heterocycles. The van der Waals surface area contributed by atoms with E-state index >= 15 is 0 Å². The Balaban J connectivity index is 2.74. The van der Waals surface area contributed by atoms with Crippen LogP contribution in [-0.2, 0) is 4.74 Å². The topological polar surface area (TPSA) is 82.3 Å². The maximum Gasteiger partial charge on any atom is 0.344 e. The molecular formula is C10H8N2O4S. The SMILES string of the molecule is COC(=O)c1cc2nc(C)sc2cc1[N+](=O)[O-]. The van der Waals surface area contributed by atoms with E-state index in [1.54, 1.807) is 6.92 Å². The van der Waals surface area contributed by atoms with Crippen LogP contribution in [0, 0.1) is 17.0 Å². The van der Waals surface area contributed by atoms with Gasteiger partial charge in [0.2, 0.25) is 0 Å². The zero-order chi connectivity index (χ0) is 12.6. The van der Waals surface area contributed by atoms with Crippen molar-refractivity contribution in [2.24, 2.45) is 0 Å². The normalized spacial score (nSPS) is 10.5. The summed E-state index contributed by atoms with van der Waals surface area (Å²) in [5.41, 5.74) is 0.238. The van der Waals surface area contributed by atoms with Crippen molar-refractivity contribution in [2.75, 3.05) is 7.11 Å². The number of benzene rings is 1. The van der Waals surface area contributed by atoms with Crippen molar-refractivity contribution in [2.45, 2.75) is 6.92 Å². The number of aromatic nitrogens is 1. The van der Waals surface area contributed by atoms with Crippen LogP contribution in [0.1, 0.15) is 15.4 Å². The van der Waals surface area contributed by atoms with Crippen LogP contribution in [0.5, 0.6) is 0 Å². The fourth-order valence-corrected chi connectivity index (χ4v) is 2.34. The lowest BCUT2D eigenvalue weighted by Gasteiger charge is -2.00. The summed E-state index contributed by atoms with van der Waals surface area (Å²) in [6.07, 6.45) is 0. The number of carbonyl (C=O) groups excluding carboxylic acids is 1. The van der Waals surface area contributed by atoms with Crippen LogP contribution in [0.4, 0.5) is 5.69 Å². The van der Waals surface area contributed by atoms with E-state index in [-0.39, 0.29) is 11.3 Å². The van der Waals surface area contributed by atoms with E-state index in [1.165, 1.54) is 30.6 Å². The Morgan fingerprint density at radius 3 is 2.82 bits per heavy atom. The lowest BCUT2D eigenvalue weighted by Crippen LogP contribution is -2.05. The molecule has 0 atom stereocenters. The number of rotatable bonds is 2. The second-order valence-corrected chi connectivity index (χ2v) is 4.55. The molecule has 17 heavy (non-hydrogen) atoms. The van der Waals surface area contributed by atoms with Gasteiger partial charge in [-0.3, -0.25) is 10.1 Å². The number of methoxy groups -OCH3 is 1. The van der Waals surface area contributed by atoms with Crippen LogP contribution in [0.25, 0.3) is 10.2 Å². The van der Waals surface area contributed by atoms with Gasteiger partial charge in [-0.25, -0.2) is 9.78 Å². The summed E-state index contributed by atoms with van der Waals surface area (Å²) in [4.78, 5) is 25.9. The van der Waals surface area contributed by atoms with Crippen LogP contribution in [0.3, 0.4) is 0 Å². The molecule has 0 aliphatic carbocycles. The maximum absolute atomic E-state index is 11.4. The number of aryl methyl sites for hydroxylation is 1. The predicted octanol–water partition coefficient (Wildman–Crippen LogP) is 2.30. The number of fused-ring (bicyclic) bond motifs is 1. The van der Waals surface area contributed by atoms with Gasteiger partial charge in [0.05, 0.1) is 27.3 Å². The summed E-state index contributed by atoms with van der Waals surface area (Å²) < 4.78 is 5.20. The van der Waals surface area contributed by atoms with Gasteiger partial charge in [0.1, 0.15) is 5.56 Å². The first-order valence-electron chi connectivity index (χ1n) is 4.67. The summed E-state index contributed by atoms with van der Waals surface area (Å²) >= 11 is 1.34. The van der Waals surface area contributed by atoms with E-state index in [0.717, 1.165) is 5.01 Å². The number of thiazole rings is 1. The van der Waals surface area contributed by atoms with Gasteiger partial charge in [-0.05, 0) is 13.0 Å². The first kappa shape index (κ1) is 11.5. The molecule has 6 nitrogen and oxygen atoms in total. The molecule has 2 rings (SSSR count). The van der Waals surface area contributed by atoms with Crippen LogP contribution in [-0.4, -0.2) is 23.0 Å². The Kier molecular flexibility index (Phi) is 2.76. The fourth-order valence-electron chi connectivity index (χ4n) is 1.50. The minimum atomic E-state index is -0.732. The Morgan fingerprint density at radius 2 is 2.24 bits per heavy atom. The minimum Gasteiger partial charge on any atom is -0.465 e. The molecule has 0 spiro atoms. The van der Waals surface area contributed by atoms with Gasteiger partial charge >= 0.3 is 5.97 Å². The average molecular weight is 252 g/mol. The largest absolute Gasteiger partial charge is 0.465 e. The second kappa shape index (κ2) is 4.10. The van der Waals surface area contributed by atoms with E-state index in [2.05, 4.69) is 9.72 Å². The van der Waals surface area contributed by atoms with Gasteiger partial charge in [0, 0.05) is 6.07 Å². The molecule has 0 saturated carbocycles. The van der Waals surface area contributed by atoms with Crippen molar-refractivity contribution < 1.29 is 14.5 Å². The first-order valence-corrected chi connectivity index (χ1v) is 5.48. The molecule has 0 amide bonds. The molecule has 0 fully saturated rings. The predicted molar refractivity (Wildman–Crippen MR) is 62.4 cm³/mol. The van der Waals surface area contributed by atoms with Crippen LogP contribution in [0.2, 0.25) is 0 Å². The Hall–Kier alpha value is -2.02. The number of hydrogen-bond donors (Lipinski definition) is 0. The summed E-state index contributed by atoms with van der Waals surface area (Å²) in [5, 5.41) is 11.7. The summed E-state index contributed by atoms with van der Waals surface area (Å²) in [6.45, 7) is 1.80. The summed E-state index contributed by atoms with van der Waals surface area (Å²) in [7, 11) is 1.18. The summed E-state index contributed by atoms with van der Waals surface area (Å²) in [5.74, 6) is -0.732. The quantitative estimate of drug-likeness (QED) is 0.465. The van der Waals surface area contributed by atoms with Gasteiger partial charge in [-0.15, -0.1) is 11.3 Å². The fraction of sp³-hybridized carbons (Fsp3) is 0.200. The molecule has 0 unspecified atom stereocenters. The molecule has 88 valence electrons. The van der Waals surface area contributed by atoms with Crippen molar-refractivity contribution in [3.8, 4) is 0 Å². The van der Waals surface area contributed by atoms with E-state index in [1.807, 2.05) is 0 Å². The van der Waals surface area contributed by atoms with Gasteiger partial charge in [0.25, 0.3) is 5.69 Å². The molecule has 0 aliphatic heterocycles. The van der Waals surface area contributed by atoms with Crippen molar-refractivity contribution in [1.82, 2.24) is 4.98 Å². The molecule has 1 aromatic heterocycles. The minimum absolute atomic E-state index is 0.0738. The second-order valence-electron chi connectivity index (χ2n) is 3.32. The van der Waals surface area contributed by atoms with Crippen molar-refractivity contribution in [3.05, 3.63) is 32.8 Å². The molecule has 0 N–H and O–H groups in total. The van der Waals surface area contributed by atoms with Gasteiger partial charge in [-0.2, -0.15) is 0 Å². The van der Waals surface area contributed by atoms with Crippen LogP contribution in [0.15, 0.2) is 12.1 Å². The Bertz CT molecular complexity index is 620. The number of ether oxygens (including phenoxy) is 1. The number of nitro groups is 1. The zero-order valence-corrected chi connectivity index (χ0v) is 9.91. The van der Waals surface area contributed by atoms with E-state index < -0.39 is 10.9 Å². The Labute approximate surface area is 100.0 Å². The molecule has 7 heteroatoms. The highest BCUT2D eigenvalue weighted by atomic mass is 32.1. The van der Waals surface area contributed by atoms with Crippen molar-refractivity contribution >= 4 is 33.2 Å². The number of esters is 1. The maximum atomic E-state index is 11.4. The molecule has 1 heterocycles. The lowest BCUT2D eigenvalue weighted by atomic mass is 10.1. The van der Waals surface area contributed by atoms with E-state index in [9.17, 15) is 14.9 Å².